The molecular weight excluding hydrogens is 383 g/mol. The molecule has 0 amide bonds. The van der Waals surface area contributed by atoms with Crippen LogP contribution in [0.4, 0.5) is 5.82 Å². The van der Waals surface area contributed by atoms with Crippen molar-refractivity contribution in [2.45, 2.75) is 32.7 Å². The topological polar surface area (TPSA) is 41.1 Å². The molecule has 1 aromatic rings. The van der Waals surface area contributed by atoms with Gasteiger partial charge in [0.25, 0.3) is 0 Å². The summed E-state index contributed by atoms with van der Waals surface area (Å²) in [6.07, 6.45) is 2.14. The molecule has 6 heteroatoms. The van der Waals surface area contributed by atoms with E-state index in [1.807, 2.05) is 11.8 Å². The Hall–Kier alpha value is -0.0800. The number of anilines is 1. The Morgan fingerprint density at radius 2 is 2.20 bits per heavy atom. The maximum Gasteiger partial charge on any atom is 0.149 e. The Morgan fingerprint density at radius 1 is 1.40 bits per heavy atom. The van der Waals surface area contributed by atoms with E-state index in [1.165, 1.54) is 15.0 Å². The number of hydrogen-bond acceptors (Lipinski definition) is 5. The predicted octanol–water partition coefficient (Wildman–Crippen LogP) is 3.19. The standard InChI is InChI=1S/C14H23IN4S/c1-4-6-10-12(15)14(16-5-2)18-13(17-10)11-9-20-8-7-19(11)3/h11H,4-9H2,1-3H3,(H,16,17,18). The van der Waals surface area contributed by atoms with Crippen molar-refractivity contribution in [1.29, 1.82) is 0 Å². The maximum absolute atomic E-state index is 4.87. The van der Waals surface area contributed by atoms with E-state index in [4.69, 9.17) is 9.97 Å². The second-order valence-electron chi connectivity index (χ2n) is 5.04. The summed E-state index contributed by atoms with van der Waals surface area (Å²) < 4.78 is 1.18. The first-order valence-electron chi connectivity index (χ1n) is 7.25. The van der Waals surface area contributed by atoms with Gasteiger partial charge in [-0.15, -0.1) is 0 Å². The zero-order chi connectivity index (χ0) is 14.5. The third kappa shape index (κ3) is 3.76. The number of nitrogens with zero attached hydrogens (tertiary/aromatic N) is 3. The molecule has 112 valence electrons. The molecule has 1 aromatic heterocycles. The Bertz CT molecular complexity index is 428. The van der Waals surface area contributed by atoms with Crippen LogP contribution in [-0.2, 0) is 6.42 Å². The van der Waals surface area contributed by atoms with Crippen LogP contribution in [0.2, 0.25) is 0 Å². The Morgan fingerprint density at radius 3 is 2.85 bits per heavy atom. The zero-order valence-electron chi connectivity index (χ0n) is 12.4. The quantitative estimate of drug-likeness (QED) is 0.761. The van der Waals surface area contributed by atoms with Crippen LogP contribution in [0.25, 0.3) is 0 Å². The molecular formula is C14H23IN4S. The van der Waals surface area contributed by atoms with Gasteiger partial charge in [-0.2, -0.15) is 11.8 Å². The number of thioether (sulfide) groups is 1. The number of halogens is 1. The molecule has 1 fully saturated rings. The van der Waals surface area contributed by atoms with Crippen LogP contribution in [0, 0.1) is 3.57 Å². The van der Waals surface area contributed by atoms with Crippen molar-refractivity contribution in [3.05, 3.63) is 15.1 Å². The molecule has 1 unspecified atom stereocenters. The SMILES string of the molecule is CCCc1nc(C2CSCCN2C)nc(NCC)c1I. The van der Waals surface area contributed by atoms with Gasteiger partial charge in [-0.1, -0.05) is 13.3 Å². The molecule has 0 aromatic carbocycles. The number of aryl methyl sites for hydroxylation is 1. The molecule has 1 atom stereocenters. The number of hydrogen-bond donors (Lipinski definition) is 1. The summed E-state index contributed by atoms with van der Waals surface area (Å²) in [7, 11) is 2.18. The predicted molar refractivity (Wildman–Crippen MR) is 95.6 cm³/mol. The molecule has 2 heterocycles. The van der Waals surface area contributed by atoms with E-state index in [-0.39, 0.29) is 0 Å². The van der Waals surface area contributed by atoms with E-state index < -0.39 is 0 Å². The highest BCUT2D eigenvalue weighted by molar-refractivity contribution is 14.1. The Balaban J connectivity index is 2.36. The summed E-state index contributed by atoms with van der Waals surface area (Å²) in [6, 6.07) is 0.346. The second kappa shape index (κ2) is 7.79. The van der Waals surface area contributed by atoms with Crippen LogP contribution >= 0.6 is 34.4 Å². The lowest BCUT2D eigenvalue weighted by molar-refractivity contribution is 0.264. The third-order valence-electron chi connectivity index (χ3n) is 3.46. The fraction of sp³-hybridized carbons (Fsp3) is 0.714. The van der Waals surface area contributed by atoms with Crippen LogP contribution in [-0.4, -0.2) is 46.5 Å². The van der Waals surface area contributed by atoms with Crippen molar-refractivity contribution < 1.29 is 0 Å². The fourth-order valence-electron chi connectivity index (χ4n) is 2.31. The van der Waals surface area contributed by atoms with Crippen LogP contribution in [0.3, 0.4) is 0 Å². The average molecular weight is 406 g/mol. The molecule has 1 aliphatic rings. The summed E-state index contributed by atoms with van der Waals surface area (Å²) >= 11 is 4.37. The first kappa shape index (κ1) is 16.3. The minimum Gasteiger partial charge on any atom is -0.369 e. The molecule has 20 heavy (non-hydrogen) atoms. The highest BCUT2D eigenvalue weighted by Gasteiger charge is 2.25. The van der Waals surface area contributed by atoms with Crippen molar-refractivity contribution in [2.24, 2.45) is 0 Å². The van der Waals surface area contributed by atoms with Gasteiger partial charge in [0.1, 0.15) is 11.6 Å². The molecule has 1 aliphatic heterocycles. The monoisotopic (exact) mass is 406 g/mol. The Kier molecular flexibility index (Phi) is 6.35. The van der Waals surface area contributed by atoms with Gasteiger partial charge in [0.2, 0.25) is 0 Å². The van der Waals surface area contributed by atoms with Crippen molar-refractivity contribution in [3.8, 4) is 0 Å². The van der Waals surface area contributed by atoms with Crippen molar-refractivity contribution in [2.75, 3.05) is 37.0 Å². The van der Waals surface area contributed by atoms with Gasteiger partial charge in [-0.3, -0.25) is 4.90 Å². The smallest absolute Gasteiger partial charge is 0.149 e. The van der Waals surface area contributed by atoms with E-state index in [0.29, 0.717) is 6.04 Å². The van der Waals surface area contributed by atoms with E-state index in [0.717, 1.165) is 43.3 Å². The number of rotatable bonds is 5. The van der Waals surface area contributed by atoms with Gasteiger partial charge < -0.3 is 5.32 Å². The maximum atomic E-state index is 4.87. The van der Waals surface area contributed by atoms with Crippen LogP contribution < -0.4 is 5.32 Å². The lowest BCUT2D eigenvalue weighted by Crippen LogP contribution is -2.34. The average Bonchev–Trinajstić information content (AvgIpc) is 2.44. The zero-order valence-corrected chi connectivity index (χ0v) is 15.4. The third-order valence-corrected chi connectivity index (χ3v) is 5.62. The summed E-state index contributed by atoms with van der Waals surface area (Å²) in [6.45, 7) is 6.32. The van der Waals surface area contributed by atoms with Crippen molar-refractivity contribution in [3.63, 3.8) is 0 Å². The summed E-state index contributed by atoms with van der Waals surface area (Å²) in [5.41, 5.74) is 1.19. The second-order valence-corrected chi connectivity index (χ2v) is 7.27. The summed E-state index contributed by atoms with van der Waals surface area (Å²) in [5, 5.41) is 3.39. The van der Waals surface area contributed by atoms with E-state index in [1.54, 1.807) is 0 Å². The molecule has 1 N–H and O–H groups in total. The number of nitrogens with one attached hydrogen (secondary N) is 1. The first-order chi connectivity index (χ1) is 9.67. The van der Waals surface area contributed by atoms with E-state index >= 15 is 0 Å². The number of aromatic nitrogens is 2. The molecule has 2 rings (SSSR count). The van der Waals surface area contributed by atoms with Gasteiger partial charge in [-0.25, -0.2) is 9.97 Å². The summed E-state index contributed by atoms with van der Waals surface area (Å²) in [5.74, 6) is 4.29. The first-order valence-corrected chi connectivity index (χ1v) is 9.48. The van der Waals surface area contributed by atoms with Crippen LogP contribution in [0.1, 0.15) is 37.8 Å². The molecule has 0 aliphatic carbocycles. The van der Waals surface area contributed by atoms with Gasteiger partial charge in [0, 0.05) is 24.6 Å². The fourth-order valence-corrected chi connectivity index (χ4v) is 4.22. The lowest BCUT2D eigenvalue weighted by Gasteiger charge is -2.31. The molecule has 1 saturated heterocycles. The van der Waals surface area contributed by atoms with Gasteiger partial charge >= 0.3 is 0 Å². The largest absolute Gasteiger partial charge is 0.369 e. The minimum atomic E-state index is 0.346. The normalized spacial score (nSPS) is 20.1. The molecule has 4 nitrogen and oxygen atoms in total. The van der Waals surface area contributed by atoms with Gasteiger partial charge in [0.05, 0.1) is 15.3 Å². The highest BCUT2D eigenvalue weighted by Crippen LogP contribution is 2.29. The van der Waals surface area contributed by atoms with Gasteiger partial charge in [-0.05, 0) is 43.0 Å². The van der Waals surface area contributed by atoms with Crippen molar-refractivity contribution in [1.82, 2.24) is 14.9 Å². The van der Waals surface area contributed by atoms with Gasteiger partial charge in [0.15, 0.2) is 0 Å². The highest BCUT2D eigenvalue weighted by atomic mass is 127. The summed E-state index contributed by atoms with van der Waals surface area (Å²) in [4.78, 5) is 12.0. The molecule has 0 spiro atoms. The molecule has 0 radical (unpaired) electrons. The minimum absolute atomic E-state index is 0.346. The van der Waals surface area contributed by atoms with E-state index in [2.05, 4.69) is 53.7 Å². The lowest BCUT2D eigenvalue weighted by atomic mass is 10.2. The van der Waals surface area contributed by atoms with Crippen molar-refractivity contribution >= 4 is 40.2 Å². The Labute approximate surface area is 139 Å². The molecule has 0 bridgehead atoms. The molecule has 0 saturated carbocycles. The van der Waals surface area contributed by atoms with E-state index in [9.17, 15) is 0 Å². The van der Waals surface area contributed by atoms with Crippen LogP contribution in [0.15, 0.2) is 0 Å². The van der Waals surface area contributed by atoms with Crippen LogP contribution in [0.5, 0.6) is 0 Å².